The summed E-state index contributed by atoms with van der Waals surface area (Å²) in [6, 6.07) is 8.16. The summed E-state index contributed by atoms with van der Waals surface area (Å²) in [7, 11) is -4.15. The first-order valence-electron chi connectivity index (χ1n) is 9.81. The lowest BCUT2D eigenvalue weighted by Gasteiger charge is -2.11. The summed E-state index contributed by atoms with van der Waals surface area (Å²) in [5, 5.41) is 0. The van der Waals surface area contributed by atoms with Crippen LogP contribution < -0.4 is 4.74 Å². The van der Waals surface area contributed by atoms with Crippen LogP contribution in [-0.4, -0.2) is 44.8 Å². The van der Waals surface area contributed by atoms with Crippen molar-refractivity contribution in [3.8, 4) is 5.75 Å². The fourth-order valence-electron chi connectivity index (χ4n) is 2.54. The van der Waals surface area contributed by atoms with Crippen LogP contribution >= 0.6 is 0 Å². The lowest BCUT2D eigenvalue weighted by atomic mass is 10.0. The van der Waals surface area contributed by atoms with E-state index in [2.05, 4.69) is 19.1 Å². The van der Waals surface area contributed by atoms with Crippen molar-refractivity contribution in [2.75, 3.05) is 26.4 Å². The summed E-state index contributed by atoms with van der Waals surface area (Å²) in [5.41, 5.74) is 0.0893. The van der Waals surface area contributed by atoms with E-state index in [4.69, 9.17) is 18.8 Å². The molecular formula is C20H34O6S. The molecule has 0 heterocycles. The van der Waals surface area contributed by atoms with E-state index in [0.717, 1.165) is 12.2 Å². The van der Waals surface area contributed by atoms with Crippen molar-refractivity contribution in [1.29, 1.82) is 0 Å². The van der Waals surface area contributed by atoms with Gasteiger partial charge in [-0.15, -0.1) is 0 Å². The largest absolute Gasteiger partial charge is 0.491 e. The fraction of sp³-hybridized carbons (Fsp3) is 0.700. The summed E-state index contributed by atoms with van der Waals surface area (Å²) in [6.45, 7) is 4.62. The van der Waals surface area contributed by atoms with Gasteiger partial charge in [-0.3, -0.25) is 4.55 Å². The van der Waals surface area contributed by atoms with Gasteiger partial charge in [0.25, 0.3) is 10.1 Å². The summed E-state index contributed by atoms with van der Waals surface area (Å²) < 4.78 is 46.1. The predicted octanol–water partition coefficient (Wildman–Crippen LogP) is 4.24. The number of ether oxygens (including phenoxy) is 3. The maximum Gasteiger partial charge on any atom is 0.291 e. The zero-order chi connectivity index (χ0) is 20.0. The maximum atomic E-state index is 10.8. The molecule has 6 nitrogen and oxygen atoms in total. The highest BCUT2D eigenvalue weighted by Crippen LogP contribution is 2.15. The van der Waals surface area contributed by atoms with E-state index in [0.29, 0.717) is 13.2 Å². The van der Waals surface area contributed by atoms with Crippen molar-refractivity contribution < 1.29 is 27.2 Å². The molecule has 7 heteroatoms. The van der Waals surface area contributed by atoms with E-state index in [9.17, 15) is 8.42 Å². The smallest absolute Gasteiger partial charge is 0.291 e. The number of benzene rings is 1. The number of unbranched alkanes of at least 4 members (excludes halogenated alkanes) is 5. The number of rotatable bonds is 16. The Bertz CT molecular complexity index is 585. The highest BCUT2D eigenvalue weighted by molar-refractivity contribution is 7.86. The Morgan fingerprint density at radius 2 is 1.56 bits per heavy atom. The Hall–Kier alpha value is -1.15. The van der Waals surface area contributed by atoms with Crippen LogP contribution in [0.3, 0.4) is 0 Å². The monoisotopic (exact) mass is 402 g/mol. The van der Waals surface area contributed by atoms with Gasteiger partial charge in [-0.2, -0.15) is 8.42 Å². The molecule has 1 unspecified atom stereocenters. The fourth-order valence-corrected chi connectivity index (χ4v) is 2.81. The molecule has 0 radical (unpaired) electrons. The normalized spacial score (nSPS) is 12.9. The first kappa shape index (κ1) is 23.9. The van der Waals surface area contributed by atoms with Gasteiger partial charge in [0.1, 0.15) is 12.4 Å². The van der Waals surface area contributed by atoms with Gasteiger partial charge in [0.05, 0.1) is 19.8 Å². The van der Waals surface area contributed by atoms with Crippen molar-refractivity contribution >= 4 is 10.1 Å². The van der Waals surface area contributed by atoms with Gasteiger partial charge < -0.3 is 14.2 Å². The summed E-state index contributed by atoms with van der Waals surface area (Å²) in [5.74, 6) is 0.807. The highest BCUT2D eigenvalue weighted by Gasteiger charge is 2.16. The average molecular weight is 403 g/mol. The molecule has 1 atom stereocenters. The molecule has 0 aromatic heterocycles. The molecule has 1 rings (SSSR count). The summed E-state index contributed by atoms with van der Waals surface area (Å²) in [6.07, 6.45) is 8.93. The van der Waals surface area contributed by atoms with Gasteiger partial charge >= 0.3 is 0 Å². The van der Waals surface area contributed by atoms with E-state index >= 15 is 0 Å². The second-order valence-electron chi connectivity index (χ2n) is 6.58. The summed E-state index contributed by atoms with van der Waals surface area (Å²) in [4.78, 5) is 0. The van der Waals surface area contributed by atoms with Crippen LogP contribution in [0.25, 0.3) is 0 Å². The number of hydrogen-bond donors (Lipinski definition) is 1. The molecule has 1 N–H and O–H groups in total. The predicted molar refractivity (Wildman–Crippen MR) is 107 cm³/mol. The molecule has 27 heavy (non-hydrogen) atoms. The van der Waals surface area contributed by atoms with E-state index in [1.807, 2.05) is 12.1 Å². The molecule has 0 saturated carbocycles. The third kappa shape index (κ3) is 12.0. The molecule has 0 aliphatic rings. The lowest BCUT2D eigenvalue weighted by molar-refractivity contribution is 0.0275. The average Bonchev–Trinajstić information content (AvgIpc) is 2.64. The Morgan fingerprint density at radius 3 is 2.22 bits per heavy atom. The lowest BCUT2D eigenvalue weighted by Crippen LogP contribution is -2.22. The molecular weight excluding hydrogens is 368 g/mol. The number of aryl methyl sites for hydroxylation is 1. The van der Waals surface area contributed by atoms with Gasteiger partial charge in [0, 0.05) is 0 Å². The quantitative estimate of drug-likeness (QED) is 0.329. The van der Waals surface area contributed by atoms with E-state index < -0.39 is 15.6 Å². The summed E-state index contributed by atoms with van der Waals surface area (Å²) >= 11 is 0. The topological polar surface area (TPSA) is 82.1 Å². The molecule has 0 aliphatic carbocycles. The van der Waals surface area contributed by atoms with Crippen molar-refractivity contribution in [2.45, 2.75) is 64.2 Å². The molecule has 1 aromatic carbocycles. The number of hydrogen-bond acceptors (Lipinski definition) is 5. The highest BCUT2D eigenvalue weighted by atomic mass is 32.2. The van der Waals surface area contributed by atoms with E-state index in [1.54, 1.807) is 0 Å². The Morgan fingerprint density at radius 1 is 0.926 bits per heavy atom. The van der Waals surface area contributed by atoms with Gasteiger partial charge in [0.2, 0.25) is 0 Å². The van der Waals surface area contributed by atoms with Crippen molar-refractivity contribution in [1.82, 2.24) is 0 Å². The van der Waals surface area contributed by atoms with E-state index in [1.165, 1.54) is 51.0 Å². The minimum absolute atomic E-state index is 0.0914. The Kier molecular flexibility index (Phi) is 12.3. The van der Waals surface area contributed by atoms with Gasteiger partial charge in [-0.05, 0) is 37.5 Å². The van der Waals surface area contributed by atoms with Crippen LogP contribution in [0.15, 0.2) is 24.3 Å². The van der Waals surface area contributed by atoms with Crippen molar-refractivity contribution in [2.24, 2.45) is 0 Å². The zero-order valence-electron chi connectivity index (χ0n) is 16.6. The van der Waals surface area contributed by atoms with Crippen LogP contribution in [0.1, 0.15) is 57.9 Å². The third-order valence-corrected chi connectivity index (χ3v) is 5.21. The van der Waals surface area contributed by atoms with Crippen LogP contribution in [-0.2, 0) is 26.0 Å². The second-order valence-corrected chi connectivity index (χ2v) is 8.27. The van der Waals surface area contributed by atoms with Crippen LogP contribution in [0.4, 0.5) is 0 Å². The Balaban J connectivity index is 2.06. The second kappa shape index (κ2) is 13.9. The SMILES string of the molecule is CCCCCCCCc1ccc(OCCOCCOC(C)S(=O)(=O)O)cc1. The molecule has 0 spiro atoms. The van der Waals surface area contributed by atoms with Crippen molar-refractivity contribution in [3.63, 3.8) is 0 Å². The van der Waals surface area contributed by atoms with Gasteiger partial charge in [0.15, 0.2) is 5.44 Å². The first-order chi connectivity index (χ1) is 12.9. The molecule has 1 aromatic rings. The minimum Gasteiger partial charge on any atom is -0.491 e. The molecule has 0 aliphatic heterocycles. The maximum absolute atomic E-state index is 10.8. The van der Waals surface area contributed by atoms with Gasteiger partial charge in [-0.25, -0.2) is 0 Å². The third-order valence-electron chi connectivity index (χ3n) is 4.24. The van der Waals surface area contributed by atoms with Crippen LogP contribution in [0.2, 0.25) is 0 Å². The molecule has 0 bridgehead atoms. The zero-order valence-corrected chi connectivity index (χ0v) is 17.4. The first-order valence-corrected chi connectivity index (χ1v) is 11.3. The van der Waals surface area contributed by atoms with Crippen LogP contribution in [0, 0.1) is 0 Å². The minimum atomic E-state index is -4.15. The van der Waals surface area contributed by atoms with Gasteiger partial charge in [-0.1, -0.05) is 51.2 Å². The standard InChI is InChI=1S/C20H34O6S/c1-3-4-5-6-7-8-9-19-10-12-20(13-11-19)26-17-15-24-14-16-25-18(2)27(21,22)23/h10-13,18H,3-9,14-17H2,1-2H3,(H,21,22,23). The Labute approximate surface area is 164 Å². The molecule has 156 valence electrons. The molecule has 0 saturated heterocycles. The van der Waals surface area contributed by atoms with Crippen LogP contribution in [0.5, 0.6) is 5.75 Å². The van der Waals surface area contributed by atoms with E-state index in [-0.39, 0.29) is 13.2 Å². The van der Waals surface area contributed by atoms with Crippen molar-refractivity contribution in [3.05, 3.63) is 29.8 Å². The molecule has 0 fully saturated rings. The molecule has 0 amide bonds.